The summed E-state index contributed by atoms with van der Waals surface area (Å²) in [6.45, 7) is 2.45. The molecular weight excluding hydrogens is 368 g/mol. The first-order chi connectivity index (χ1) is 10.3. The maximum Gasteiger partial charge on any atom is 0.238 e. The lowest BCUT2D eigenvalue weighted by Gasteiger charge is -2.36. The Kier molecular flexibility index (Phi) is 5.63. The molecule has 0 saturated carbocycles. The largest absolute Gasteiger partial charge is 0.339 e. The van der Waals surface area contributed by atoms with E-state index in [1.54, 1.807) is 23.1 Å². The molecule has 1 fully saturated rings. The van der Waals surface area contributed by atoms with Crippen LogP contribution in [-0.2, 0) is 20.4 Å². The van der Waals surface area contributed by atoms with Gasteiger partial charge in [0.1, 0.15) is 5.75 Å². The predicted octanol–water partition coefficient (Wildman–Crippen LogP) is 1.70. The Morgan fingerprint density at radius 1 is 1.45 bits per heavy atom. The average molecular weight is 389 g/mol. The minimum Gasteiger partial charge on any atom is -0.339 e. The minimum atomic E-state index is -3.48. The number of benzene rings is 1. The SMILES string of the molecule is C[C@H]1C[C@H](N)CCN1C(=O)CS(=O)(=O)Cc1cccc(Br)c1. The van der Waals surface area contributed by atoms with Gasteiger partial charge in [0.25, 0.3) is 0 Å². The molecule has 1 aromatic carbocycles. The molecule has 122 valence electrons. The Labute approximate surface area is 139 Å². The second-order valence-corrected chi connectivity index (χ2v) is 8.86. The number of likely N-dealkylation sites (tertiary alicyclic amines) is 1. The summed E-state index contributed by atoms with van der Waals surface area (Å²) in [4.78, 5) is 13.9. The number of piperidine rings is 1. The van der Waals surface area contributed by atoms with Gasteiger partial charge >= 0.3 is 0 Å². The average Bonchev–Trinajstić information content (AvgIpc) is 2.36. The molecular formula is C15H21BrN2O3S. The third kappa shape index (κ3) is 4.79. The van der Waals surface area contributed by atoms with Crippen LogP contribution in [0.25, 0.3) is 0 Å². The lowest BCUT2D eigenvalue weighted by molar-refractivity contribution is -0.131. The van der Waals surface area contributed by atoms with Crippen LogP contribution in [0.1, 0.15) is 25.3 Å². The van der Waals surface area contributed by atoms with E-state index in [4.69, 9.17) is 5.73 Å². The zero-order valence-corrected chi connectivity index (χ0v) is 14.9. The Hall–Kier alpha value is -0.920. The van der Waals surface area contributed by atoms with Crippen LogP contribution in [0.3, 0.4) is 0 Å². The van der Waals surface area contributed by atoms with Crippen LogP contribution in [0, 0.1) is 0 Å². The van der Waals surface area contributed by atoms with E-state index in [0.717, 1.165) is 17.3 Å². The fraction of sp³-hybridized carbons (Fsp3) is 0.533. The molecule has 5 nitrogen and oxygen atoms in total. The van der Waals surface area contributed by atoms with Crippen molar-refractivity contribution in [3.8, 4) is 0 Å². The van der Waals surface area contributed by atoms with Gasteiger partial charge in [0, 0.05) is 23.1 Å². The van der Waals surface area contributed by atoms with E-state index in [1.807, 2.05) is 13.0 Å². The summed E-state index contributed by atoms with van der Waals surface area (Å²) in [5, 5.41) is 0. The van der Waals surface area contributed by atoms with E-state index < -0.39 is 15.6 Å². The van der Waals surface area contributed by atoms with Gasteiger partial charge in [0.05, 0.1) is 5.75 Å². The van der Waals surface area contributed by atoms with Gasteiger partial charge in [0.15, 0.2) is 9.84 Å². The Morgan fingerprint density at radius 2 is 2.18 bits per heavy atom. The monoisotopic (exact) mass is 388 g/mol. The molecule has 1 amide bonds. The molecule has 2 N–H and O–H groups in total. The number of rotatable bonds is 4. The lowest BCUT2D eigenvalue weighted by Crippen LogP contribution is -2.50. The van der Waals surface area contributed by atoms with Crippen molar-refractivity contribution < 1.29 is 13.2 Å². The van der Waals surface area contributed by atoms with Gasteiger partial charge in [-0.1, -0.05) is 28.1 Å². The molecule has 0 aromatic heterocycles. The van der Waals surface area contributed by atoms with Crippen molar-refractivity contribution in [1.29, 1.82) is 0 Å². The van der Waals surface area contributed by atoms with E-state index in [-0.39, 0.29) is 23.7 Å². The van der Waals surface area contributed by atoms with Crippen molar-refractivity contribution in [2.75, 3.05) is 12.3 Å². The molecule has 0 radical (unpaired) electrons. The predicted molar refractivity (Wildman–Crippen MR) is 90.0 cm³/mol. The first kappa shape index (κ1) is 17.4. The fourth-order valence-electron chi connectivity index (χ4n) is 2.78. The van der Waals surface area contributed by atoms with Crippen molar-refractivity contribution in [2.24, 2.45) is 5.73 Å². The molecule has 1 aliphatic rings. The van der Waals surface area contributed by atoms with Crippen LogP contribution in [0.5, 0.6) is 0 Å². The van der Waals surface area contributed by atoms with E-state index in [1.165, 1.54) is 0 Å². The summed E-state index contributed by atoms with van der Waals surface area (Å²) in [5.74, 6) is -0.895. The van der Waals surface area contributed by atoms with Gasteiger partial charge in [-0.2, -0.15) is 0 Å². The van der Waals surface area contributed by atoms with Crippen molar-refractivity contribution >= 4 is 31.7 Å². The number of amides is 1. The summed E-state index contributed by atoms with van der Waals surface area (Å²) in [6, 6.07) is 7.21. The third-order valence-electron chi connectivity index (χ3n) is 3.86. The Morgan fingerprint density at radius 3 is 2.82 bits per heavy atom. The number of hydrogen-bond donors (Lipinski definition) is 1. The van der Waals surface area contributed by atoms with Crippen LogP contribution in [0.15, 0.2) is 28.7 Å². The first-order valence-electron chi connectivity index (χ1n) is 7.27. The highest BCUT2D eigenvalue weighted by Gasteiger charge is 2.29. The van der Waals surface area contributed by atoms with E-state index >= 15 is 0 Å². The third-order valence-corrected chi connectivity index (χ3v) is 5.81. The zero-order chi connectivity index (χ0) is 16.3. The second-order valence-electron chi connectivity index (χ2n) is 5.88. The molecule has 1 aliphatic heterocycles. The van der Waals surface area contributed by atoms with Gasteiger partial charge in [-0.15, -0.1) is 0 Å². The van der Waals surface area contributed by atoms with Crippen molar-refractivity contribution in [3.63, 3.8) is 0 Å². The molecule has 22 heavy (non-hydrogen) atoms. The number of hydrogen-bond acceptors (Lipinski definition) is 4. The molecule has 0 bridgehead atoms. The highest BCUT2D eigenvalue weighted by Crippen LogP contribution is 2.18. The van der Waals surface area contributed by atoms with Gasteiger partial charge in [-0.25, -0.2) is 8.42 Å². The summed E-state index contributed by atoms with van der Waals surface area (Å²) < 4.78 is 25.3. The number of nitrogens with zero attached hydrogens (tertiary/aromatic N) is 1. The molecule has 1 aromatic rings. The maximum atomic E-state index is 12.3. The van der Waals surface area contributed by atoms with Crippen molar-refractivity contribution in [3.05, 3.63) is 34.3 Å². The highest BCUT2D eigenvalue weighted by atomic mass is 79.9. The van der Waals surface area contributed by atoms with Crippen LogP contribution in [0.2, 0.25) is 0 Å². The lowest BCUT2D eigenvalue weighted by atomic mass is 9.99. The second kappa shape index (κ2) is 7.10. The van der Waals surface area contributed by atoms with Crippen LogP contribution in [-0.4, -0.2) is 43.6 Å². The quantitative estimate of drug-likeness (QED) is 0.850. The van der Waals surface area contributed by atoms with Crippen LogP contribution >= 0.6 is 15.9 Å². The molecule has 0 aliphatic carbocycles. The molecule has 0 spiro atoms. The van der Waals surface area contributed by atoms with Crippen molar-refractivity contribution in [2.45, 2.75) is 37.6 Å². The van der Waals surface area contributed by atoms with Crippen LogP contribution in [0.4, 0.5) is 0 Å². The molecule has 1 heterocycles. The fourth-order valence-corrected chi connectivity index (χ4v) is 4.56. The molecule has 2 rings (SSSR count). The molecule has 1 saturated heterocycles. The summed E-state index contributed by atoms with van der Waals surface area (Å²) in [5.41, 5.74) is 6.55. The van der Waals surface area contributed by atoms with Crippen LogP contribution < -0.4 is 5.73 Å². The summed E-state index contributed by atoms with van der Waals surface area (Å²) in [7, 11) is -3.48. The summed E-state index contributed by atoms with van der Waals surface area (Å²) >= 11 is 3.31. The topological polar surface area (TPSA) is 80.5 Å². The number of sulfone groups is 1. The van der Waals surface area contributed by atoms with Gasteiger partial charge in [0.2, 0.25) is 5.91 Å². The standard InChI is InChI=1S/C15H21BrN2O3S/c1-11-7-14(17)5-6-18(11)15(19)10-22(20,21)9-12-3-2-4-13(16)8-12/h2-4,8,11,14H,5-7,9-10,17H2,1H3/t11-,14+/m0/s1. The summed E-state index contributed by atoms with van der Waals surface area (Å²) in [6.07, 6.45) is 1.44. The first-order valence-corrected chi connectivity index (χ1v) is 9.88. The zero-order valence-electron chi connectivity index (χ0n) is 12.5. The normalized spacial score (nSPS) is 22.6. The minimum absolute atomic E-state index is 0.00248. The number of carbonyl (C=O) groups is 1. The van der Waals surface area contributed by atoms with Gasteiger partial charge < -0.3 is 10.6 Å². The maximum absolute atomic E-state index is 12.3. The van der Waals surface area contributed by atoms with Gasteiger partial charge in [-0.3, -0.25) is 4.79 Å². The Balaban J connectivity index is 2.00. The van der Waals surface area contributed by atoms with E-state index in [9.17, 15) is 13.2 Å². The number of carbonyl (C=O) groups excluding carboxylic acids is 1. The number of nitrogens with two attached hydrogens (primary N) is 1. The Bertz CT molecular complexity index is 648. The number of halogens is 1. The molecule has 2 atom stereocenters. The van der Waals surface area contributed by atoms with Gasteiger partial charge in [-0.05, 0) is 37.5 Å². The van der Waals surface area contributed by atoms with E-state index in [2.05, 4.69) is 15.9 Å². The molecule has 7 heteroatoms. The smallest absolute Gasteiger partial charge is 0.238 e. The van der Waals surface area contributed by atoms with Crippen molar-refractivity contribution in [1.82, 2.24) is 4.90 Å². The molecule has 0 unspecified atom stereocenters. The highest BCUT2D eigenvalue weighted by molar-refractivity contribution is 9.10. The van der Waals surface area contributed by atoms with E-state index in [0.29, 0.717) is 12.1 Å².